The van der Waals surface area contributed by atoms with E-state index in [1.807, 2.05) is 52.1 Å². The number of carbonyl (C=O) groups excluding carboxylic acids is 1. The van der Waals surface area contributed by atoms with Gasteiger partial charge in [0.2, 0.25) is 5.91 Å². The summed E-state index contributed by atoms with van der Waals surface area (Å²) in [5.74, 6) is 2.59. The SMILES string of the molecule is COc1ccc(CCC(=O)N2CCN(c3ccc(-n4ccnc4)nn3)CC2)cc1. The fourth-order valence-corrected chi connectivity index (χ4v) is 3.41. The van der Waals surface area contributed by atoms with Crippen LogP contribution in [0.3, 0.4) is 0 Å². The molecule has 0 spiro atoms. The Hall–Kier alpha value is -3.42. The summed E-state index contributed by atoms with van der Waals surface area (Å²) in [6, 6.07) is 11.8. The van der Waals surface area contributed by atoms with Crippen LogP contribution in [-0.2, 0) is 11.2 Å². The predicted octanol–water partition coefficient (Wildman–Crippen LogP) is 1.95. The van der Waals surface area contributed by atoms with Gasteiger partial charge in [-0.15, -0.1) is 10.2 Å². The number of ether oxygens (including phenoxy) is 1. The Morgan fingerprint density at radius 1 is 1.00 bits per heavy atom. The van der Waals surface area contributed by atoms with Crippen LogP contribution in [0.25, 0.3) is 5.82 Å². The van der Waals surface area contributed by atoms with Gasteiger partial charge in [0.1, 0.15) is 12.1 Å². The highest BCUT2D eigenvalue weighted by molar-refractivity contribution is 5.76. The molecule has 1 aromatic carbocycles. The average molecular weight is 392 g/mol. The van der Waals surface area contributed by atoms with Crippen LogP contribution in [0.5, 0.6) is 5.75 Å². The Balaban J connectivity index is 1.26. The summed E-state index contributed by atoms with van der Waals surface area (Å²) in [7, 11) is 1.65. The quantitative estimate of drug-likeness (QED) is 0.638. The maximum atomic E-state index is 12.6. The number of amides is 1. The summed E-state index contributed by atoms with van der Waals surface area (Å²) >= 11 is 0. The molecule has 0 unspecified atom stereocenters. The number of aromatic nitrogens is 4. The van der Waals surface area contributed by atoms with Gasteiger partial charge in [-0.2, -0.15) is 0 Å². The minimum Gasteiger partial charge on any atom is -0.497 e. The fourth-order valence-electron chi connectivity index (χ4n) is 3.41. The summed E-state index contributed by atoms with van der Waals surface area (Å²) < 4.78 is 6.98. The van der Waals surface area contributed by atoms with E-state index in [1.165, 1.54) is 0 Å². The minimum absolute atomic E-state index is 0.196. The van der Waals surface area contributed by atoms with Gasteiger partial charge in [0.25, 0.3) is 0 Å². The van der Waals surface area contributed by atoms with Crippen molar-refractivity contribution in [1.82, 2.24) is 24.6 Å². The molecular weight excluding hydrogens is 368 g/mol. The van der Waals surface area contributed by atoms with E-state index in [0.29, 0.717) is 19.5 Å². The highest BCUT2D eigenvalue weighted by atomic mass is 16.5. The molecule has 8 heteroatoms. The standard InChI is InChI=1S/C21H24N6O2/c1-29-18-5-2-17(3-6-18)4-9-21(28)26-14-12-25(13-15-26)19-7-8-20(24-23-19)27-11-10-22-16-27/h2-3,5-8,10-11,16H,4,9,12-15H2,1H3. The molecular formula is C21H24N6O2. The Kier molecular flexibility index (Phi) is 5.69. The van der Waals surface area contributed by atoms with E-state index < -0.39 is 0 Å². The van der Waals surface area contributed by atoms with Crippen molar-refractivity contribution in [2.45, 2.75) is 12.8 Å². The Morgan fingerprint density at radius 2 is 1.72 bits per heavy atom. The maximum absolute atomic E-state index is 12.6. The van der Waals surface area contributed by atoms with E-state index in [1.54, 1.807) is 19.6 Å². The number of imidazole rings is 1. The third-order valence-electron chi connectivity index (χ3n) is 5.15. The zero-order valence-electron chi connectivity index (χ0n) is 16.4. The summed E-state index contributed by atoms with van der Waals surface area (Å²) in [5, 5.41) is 8.60. The molecule has 0 N–H and O–H groups in total. The molecule has 2 aromatic heterocycles. The van der Waals surface area contributed by atoms with Crippen LogP contribution in [0.4, 0.5) is 5.82 Å². The third kappa shape index (κ3) is 4.53. The Morgan fingerprint density at radius 3 is 2.34 bits per heavy atom. The van der Waals surface area contributed by atoms with Crippen molar-refractivity contribution in [3.8, 4) is 11.6 Å². The molecule has 8 nitrogen and oxygen atoms in total. The second kappa shape index (κ2) is 8.72. The van der Waals surface area contributed by atoms with Gasteiger partial charge in [0.05, 0.1) is 7.11 Å². The number of nitrogens with zero attached hydrogens (tertiary/aromatic N) is 6. The van der Waals surface area contributed by atoms with Crippen LogP contribution >= 0.6 is 0 Å². The Labute approximate surface area is 169 Å². The van der Waals surface area contributed by atoms with E-state index in [9.17, 15) is 4.79 Å². The first-order valence-corrected chi connectivity index (χ1v) is 9.70. The second-order valence-corrected chi connectivity index (χ2v) is 6.94. The van der Waals surface area contributed by atoms with E-state index in [-0.39, 0.29) is 5.91 Å². The van der Waals surface area contributed by atoms with E-state index >= 15 is 0 Å². The molecule has 0 radical (unpaired) electrons. The molecule has 1 aliphatic rings. The van der Waals surface area contributed by atoms with Crippen LogP contribution < -0.4 is 9.64 Å². The van der Waals surface area contributed by atoms with Gasteiger partial charge in [0.15, 0.2) is 11.6 Å². The first-order valence-electron chi connectivity index (χ1n) is 9.70. The lowest BCUT2D eigenvalue weighted by atomic mass is 10.1. The van der Waals surface area contributed by atoms with Crippen molar-refractivity contribution >= 4 is 11.7 Å². The summed E-state index contributed by atoms with van der Waals surface area (Å²) in [6.07, 6.45) is 6.50. The van der Waals surface area contributed by atoms with E-state index in [4.69, 9.17) is 4.74 Å². The number of hydrogen-bond acceptors (Lipinski definition) is 6. The predicted molar refractivity (Wildman–Crippen MR) is 109 cm³/mol. The number of piperazine rings is 1. The molecule has 1 aliphatic heterocycles. The van der Waals surface area contributed by atoms with Crippen LogP contribution in [0.2, 0.25) is 0 Å². The van der Waals surface area contributed by atoms with E-state index in [0.717, 1.165) is 42.5 Å². The van der Waals surface area contributed by atoms with Gasteiger partial charge in [-0.3, -0.25) is 9.36 Å². The highest BCUT2D eigenvalue weighted by Gasteiger charge is 2.22. The second-order valence-electron chi connectivity index (χ2n) is 6.94. The molecule has 3 aromatic rings. The normalized spacial score (nSPS) is 14.1. The topological polar surface area (TPSA) is 76.4 Å². The van der Waals surface area contributed by atoms with Crippen LogP contribution in [0.15, 0.2) is 55.1 Å². The number of hydrogen-bond donors (Lipinski definition) is 0. The van der Waals surface area contributed by atoms with E-state index in [2.05, 4.69) is 20.1 Å². The Bertz CT molecular complexity index is 917. The molecule has 0 aliphatic carbocycles. The van der Waals surface area contributed by atoms with Crippen molar-refractivity contribution in [3.05, 3.63) is 60.7 Å². The first-order chi connectivity index (χ1) is 14.2. The maximum Gasteiger partial charge on any atom is 0.223 e. The van der Waals surface area contributed by atoms with Crippen LogP contribution in [0, 0.1) is 0 Å². The lowest BCUT2D eigenvalue weighted by Gasteiger charge is -2.35. The first kappa shape index (κ1) is 18.9. The number of anilines is 1. The summed E-state index contributed by atoms with van der Waals surface area (Å²) in [4.78, 5) is 20.7. The molecule has 3 heterocycles. The minimum atomic E-state index is 0.196. The molecule has 29 heavy (non-hydrogen) atoms. The number of rotatable bonds is 6. The van der Waals surface area contributed by atoms with Crippen LogP contribution in [-0.4, -0.2) is 63.8 Å². The molecule has 4 rings (SSSR count). The lowest BCUT2D eigenvalue weighted by molar-refractivity contribution is -0.131. The number of aryl methyl sites for hydroxylation is 1. The van der Waals surface area contributed by atoms with Gasteiger partial charge < -0.3 is 14.5 Å². The molecule has 0 bridgehead atoms. The molecule has 0 saturated carbocycles. The number of benzene rings is 1. The highest BCUT2D eigenvalue weighted by Crippen LogP contribution is 2.16. The van der Waals surface area contributed by atoms with Gasteiger partial charge >= 0.3 is 0 Å². The van der Waals surface area contributed by atoms with Crippen molar-refractivity contribution in [3.63, 3.8) is 0 Å². The van der Waals surface area contributed by atoms with Gasteiger partial charge in [-0.05, 0) is 36.2 Å². The largest absolute Gasteiger partial charge is 0.497 e. The van der Waals surface area contributed by atoms with Crippen LogP contribution in [0.1, 0.15) is 12.0 Å². The molecule has 0 atom stereocenters. The zero-order valence-corrected chi connectivity index (χ0v) is 16.4. The van der Waals surface area contributed by atoms with Crippen molar-refractivity contribution in [1.29, 1.82) is 0 Å². The lowest BCUT2D eigenvalue weighted by Crippen LogP contribution is -2.49. The number of methoxy groups -OCH3 is 1. The van der Waals surface area contributed by atoms with Crippen molar-refractivity contribution < 1.29 is 9.53 Å². The summed E-state index contributed by atoms with van der Waals surface area (Å²) in [5.41, 5.74) is 1.14. The molecule has 1 saturated heterocycles. The molecule has 1 fully saturated rings. The summed E-state index contributed by atoms with van der Waals surface area (Å²) in [6.45, 7) is 2.92. The monoisotopic (exact) mass is 392 g/mol. The number of carbonyl (C=O) groups is 1. The van der Waals surface area contributed by atoms with Gasteiger partial charge in [0, 0.05) is 45.0 Å². The molecule has 1 amide bonds. The third-order valence-corrected chi connectivity index (χ3v) is 5.15. The average Bonchev–Trinajstić information content (AvgIpc) is 3.33. The van der Waals surface area contributed by atoms with Gasteiger partial charge in [-0.1, -0.05) is 12.1 Å². The van der Waals surface area contributed by atoms with Crippen molar-refractivity contribution in [2.24, 2.45) is 0 Å². The fraction of sp³-hybridized carbons (Fsp3) is 0.333. The van der Waals surface area contributed by atoms with Gasteiger partial charge in [-0.25, -0.2) is 4.98 Å². The van der Waals surface area contributed by atoms with Crippen molar-refractivity contribution in [2.75, 3.05) is 38.2 Å². The smallest absolute Gasteiger partial charge is 0.223 e. The molecule has 150 valence electrons. The zero-order chi connectivity index (χ0) is 20.1.